The van der Waals surface area contributed by atoms with Crippen LogP contribution >= 0.6 is 11.8 Å². The smallest absolute Gasteiger partial charge is 0.249 e. The van der Waals surface area contributed by atoms with Crippen LogP contribution in [0.1, 0.15) is 35.9 Å². The summed E-state index contributed by atoms with van der Waals surface area (Å²) < 4.78 is 5.25. The van der Waals surface area contributed by atoms with E-state index in [1.165, 1.54) is 11.8 Å². The Hall–Kier alpha value is -2.41. The average Bonchev–Trinajstić information content (AvgIpc) is 2.98. The zero-order valence-electron chi connectivity index (χ0n) is 13.5. The number of rotatable bonds is 6. The van der Waals surface area contributed by atoms with Crippen molar-refractivity contribution in [1.82, 2.24) is 15.1 Å². The van der Waals surface area contributed by atoms with Crippen molar-refractivity contribution < 1.29 is 9.32 Å². The van der Waals surface area contributed by atoms with Gasteiger partial charge in [0.2, 0.25) is 11.8 Å². The molecule has 0 aliphatic rings. The van der Waals surface area contributed by atoms with Gasteiger partial charge in [0.25, 0.3) is 0 Å². The third-order valence-corrected chi connectivity index (χ3v) is 4.30. The van der Waals surface area contributed by atoms with E-state index in [0.717, 1.165) is 17.3 Å². The molecule has 124 valence electrons. The van der Waals surface area contributed by atoms with Gasteiger partial charge in [0.15, 0.2) is 5.82 Å². The Kier molecular flexibility index (Phi) is 4.80. The molecule has 0 aliphatic carbocycles. The molecule has 0 aliphatic heterocycles. The third kappa shape index (κ3) is 3.73. The van der Waals surface area contributed by atoms with Gasteiger partial charge in [-0.1, -0.05) is 49.0 Å². The molecular formula is C17H18N4O2S. The molecule has 3 aromatic rings. The van der Waals surface area contributed by atoms with E-state index in [-0.39, 0.29) is 0 Å². The predicted molar refractivity (Wildman–Crippen MR) is 92.7 cm³/mol. The molecule has 6 nitrogen and oxygen atoms in total. The number of benzene rings is 1. The lowest BCUT2D eigenvalue weighted by atomic mass is 10.1. The number of primary amides is 1. The largest absolute Gasteiger partial charge is 0.366 e. The van der Waals surface area contributed by atoms with Crippen LogP contribution < -0.4 is 5.73 Å². The van der Waals surface area contributed by atoms with Crippen molar-refractivity contribution in [3.8, 4) is 0 Å². The van der Waals surface area contributed by atoms with E-state index < -0.39 is 5.91 Å². The highest BCUT2D eigenvalue weighted by atomic mass is 32.2. The van der Waals surface area contributed by atoms with Gasteiger partial charge < -0.3 is 10.3 Å². The molecule has 0 atom stereocenters. The van der Waals surface area contributed by atoms with Crippen molar-refractivity contribution in [2.24, 2.45) is 11.7 Å². The number of thioether (sulfide) groups is 1. The summed E-state index contributed by atoms with van der Waals surface area (Å²) in [5.41, 5.74) is 6.69. The van der Waals surface area contributed by atoms with Crippen LogP contribution in [-0.2, 0) is 12.2 Å². The van der Waals surface area contributed by atoms with Crippen LogP contribution in [0.25, 0.3) is 10.9 Å². The van der Waals surface area contributed by atoms with Gasteiger partial charge >= 0.3 is 0 Å². The van der Waals surface area contributed by atoms with Crippen molar-refractivity contribution >= 4 is 28.6 Å². The Morgan fingerprint density at radius 3 is 2.83 bits per heavy atom. The number of nitrogens with two attached hydrogens (primary N) is 1. The summed E-state index contributed by atoms with van der Waals surface area (Å²) >= 11 is 1.44. The lowest BCUT2D eigenvalue weighted by Gasteiger charge is -2.06. The van der Waals surface area contributed by atoms with Gasteiger partial charge in [0.1, 0.15) is 0 Å². The number of aromatic nitrogens is 3. The van der Waals surface area contributed by atoms with Crippen molar-refractivity contribution in [1.29, 1.82) is 0 Å². The van der Waals surface area contributed by atoms with Gasteiger partial charge in [-0.3, -0.25) is 4.79 Å². The van der Waals surface area contributed by atoms with E-state index in [4.69, 9.17) is 10.3 Å². The number of nitrogens with zero attached hydrogens (tertiary/aromatic N) is 3. The van der Waals surface area contributed by atoms with E-state index in [1.807, 2.05) is 24.3 Å². The average molecular weight is 342 g/mol. The highest BCUT2D eigenvalue weighted by molar-refractivity contribution is 7.98. The monoisotopic (exact) mass is 342 g/mol. The molecule has 2 heterocycles. The van der Waals surface area contributed by atoms with Crippen LogP contribution in [-0.4, -0.2) is 21.0 Å². The summed E-state index contributed by atoms with van der Waals surface area (Å²) in [4.78, 5) is 20.6. The Balaban J connectivity index is 1.80. The maximum atomic E-state index is 11.7. The number of carbonyl (C=O) groups excluding carboxylic acids is 1. The first-order valence-electron chi connectivity index (χ1n) is 7.67. The van der Waals surface area contributed by atoms with E-state index >= 15 is 0 Å². The van der Waals surface area contributed by atoms with Gasteiger partial charge in [-0.2, -0.15) is 4.98 Å². The van der Waals surface area contributed by atoms with E-state index in [2.05, 4.69) is 29.0 Å². The molecule has 0 saturated heterocycles. The minimum absolute atomic E-state index is 0.465. The molecular weight excluding hydrogens is 324 g/mol. The molecule has 0 bridgehead atoms. The fraction of sp³-hybridized carbons (Fsp3) is 0.294. The summed E-state index contributed by atoms with van der Waals surface area (Å²) in [6.07, 6.45) is 0.786. The Labute approximate surface area is 143 Å². The van der Waals surface area contributed by atoms with E-state index in [0.29, 0.717) is 34.0 Å². The van der Waals surface area contributed by atoms with Gasteiger partial charge in [-0.05, 0) is 18.1 Å². The highest BCUT2D eigenvalue weighted by Gasteiger charge is 2.12. The topological polar surface area (TPSA) is 94.9 Å². The summed E-state index contributed by atoms with van der Waals surface area (Å²) in [6.45, 7) is 4.21. The lowest BCUT2D eigenvalue weighted by Crippen LogP contribution is -2.12. The van der Waals surface area contributed by atoms with Crippen LogP contribution in [0.15, 0.2) is 39.9 Å². The second-order valence-corrected chi connectivity index (χ2v) is 6.88. The SMILES string of the molecule is CC(C)Cc1noc(CSc2cc(C(N)=O)c3ccccc3n2)n1. The minimum atomic E-state index is -0.465. The molecule has 1 aromatic carbocycles. The molecule has 1 amide bonds. The molecule has 0 saturated carbocycles. The molecule has 2 N–H and O–H groups in total. The first kappa shape index (κ1) is 16.4. The molecule has 2 aromatic heterocycles. The molecule has 0 fully saturated rings. The van der Waals surface area contributed by atoms with Gasteiger partial charge in [0.05, 0.1) is 21.9 Å². The van der Waals surface area contributed by atoms with Crippen molar-refractivity contribution in [2.75, 3.05) is 0 Å². The lowest BCUT2D eigenvalue weighted by molar-refractivity contribution is 0.100. The van der Waals surface area contributed by atoms with Gasteiger partial charge in [0, 0.05) is 11.8 Å². The third-order valence-electron chi connectivity index (χ3n) is 3.40. The first-order chi connectivity index (χ1) is 11.5. The van der Waals surface area contributed by atoms with Crippen LogP contribution in [0.2, 0.25) is 0 Å². The molecule has 24 heavy (non-hydrogen) atoms. The number of carbonyl (C=O) groups is 1. The van der Waals surface area contributed by atoms with Crippen molar-refractivity contribution in [3.63, 3.8) is 0 Å². The number of amides is 1. The maximum absolute atomic E-state index is 11.7. The van der Waals surface area contributed by atoms with E-state index in [1.54, 1.807) is 6.07 Å². The molecule has 0 radical (unpaired) electrons. The van der Waals surface area contributed by atoms with Crippen LogP contribution in [0, 0.1) is 5.92 Å². The van der Waals surface area contributed by atoms with Crippen molar-refractivity contribution in [3.05, 3.63) is 47.6 Å². The second kappa shape index (κ2) is 7.00. The fourth-order valence-corrected chi connectivity index (χ4v) is 3.11. The molecule has 0 spiro atoms. The summed E-state index contributed by atoms with van der Waals surface area (Å²) in [6, 6.07) is 9.15. The predicted octanol–water partition coefficient (Wildman–Crippen LogP) is 3.21. The normalized spacial score (nSPS) is 11.3. The molecule has 3 rings (SSSR count). The Morgan fingerprint density at radius 2 is 2.08 bits per heavy atom. The van der Waals surface area contributed by atoms with Crippen LogP contribution in [0.3, 0.4) is 0 Å². The first-order valence-corrected chi connectivity index (χ1v) is 8.65. The minimum Gasteiger partial charge on any atom is -0.366 e. The van der Waals surface area contributed by atoms with Gasteiger partial charge in [-0.25, -0.2) is 4.98 Å². The number of fused-ring (bicyclic) bond motifs is 1. The summed E-state index contributed by atoms with van der Waals surface area (Å²) in [7, 11) is 0. The Morgan fingerprint density at radius 1 is 1.29 bits per heavy atom. The Bertz CT molecular complexity index is 876. The fourth-order valence-electron chi connectivity index (χ4n) is 2.36. The second-order valence-electron chi connectivity index (χ2n) is 5.88. The van der Waals surface area contributed by atoms with Crippen LogP contribution in [0.5, 0.6) is 0 Å². The van der Waals surface area contributed by atoms with Gasteiger partial charge in [-0.15, -0.1) is 0 Å². The summed E-state index contributed by atoms with van der Waals surface area (Å²) in [5.74, 6) is 1.77. The molecule has 0 unspecified atom stereocenters. The number of pyridine rings is 1. The van der Waals surface area contributed by atoms with Crippen LogP contribution in [0.4, 0.5) is 0 Å². The highest BCUT2D eigenvalue weighted by Crippen LogP contribution is 2.26. The van der Waals surface area contributed by atoms with E-state index in [9.17, 15) is 4.79 Å². The number of hydrogen-bond donors (Lipinski definition) is 1. The van der Waals surface area contributed by atoms with Crippen molar-refractivity contribution in [2.45, 2.75) is 31.0 Å². The maximum Gasteiger partial charge on any atom is 0.249 e. The zero-order chi connectivity index (χ0) is 17.1. The number of hydrogen-bond acceptors (Lipinski definition) is 6. The number of para-hydroxylation sites is 1. The molecule has 7 heteroatoms. The zero-order valence-corrected chi connectivity index (χ0v) is 14.3. The quantitative estimate of drug-likeness (QED) is 0.691. The standard InChI is InChI=1S/C17H18N4O2S/c1-10(2)7-14-20-15(23-21-14)9-24-16-8-12(17(18)22)11-5-3-4-6-13(11)19-16/h3-6,8,10H,7,9H2,1-2H3,(H2,18,22). The summed E-state index contributed by atoms with van der Waals surface area (Å²) in [5, 5.41) is 5.43.